The Kier molecular flexibility index (Phi) is 5.46. The van der Waals surface area contributed by atoms with Gasteiger partial charge < -0.3 is 14.6 Å². The van der Waals surface area contributed by atoms with E-state index >= 15 is 0 Å². The predicted molar refractivity (Wildman–Crippen MR) is 95.6 cm³/mol. The first-order valence-corrected chi connectivity index (χ1v) is 8.24. The Morgan fingerprint density at radius 3 is 2.52 bits per heavy atom. The standard InChI is InChI=1S/C20H21N3O2/c1-16(18-9-11-21-12-10-18)22-20(24)23(15-19-8-5-13-25-19)14-17-6-3-2-4-7-17/h2-13,16H,14-15H2,1H3,(H,22,24). The van der Waals surface area contributed by atoms with Crippen LogP contribution in [0.1, 0.15) is 29.9 Å². The zero-order valence-corrected chi connectivity index (χ0v) is 14.1. The van der Waals surface area contributed by atoms with Gasteiger partial charge in [0.2, 0.25) is 0 Å². The van der Waals surface area contributed by atoms with Crippen molar-refractivity contribution in [1.29, 1.82) is 0 Å². The molecular weight excluding hydrogens is 314 g/mol. The van der Waals surface area contributed by atoms with Crippen molar-refractivity contribution >= 4 is 6.03 Å². The van der Waals surface area contributed by atoms with Gasteiger partial charge in [-0.15, -0.1) is 0 Å². The van der Waals surface area contributed by atoms with Gasteiger partial charge in [-0.25, -0.2) is 4.79 Å². The second-order valence-electron chi connectivity index (χ2n) is 5.87. The smallest absolute Gasteiger partial charge is 0.318 e. The van der Waals surface area contributed by atoms with Crippen LogP contribution in [0.5, 0.6) is 0 Å². The molecule has 25 heavy (non-hydrogen) atoms. The van der Waals surface area contributed by atoms with Crippen LogP contribution in [0.2, 0.25) is 0 Å². The quantitative estimate of drug-likeness (QED) is 0.736. The number of benzene rings is 1. The predicted octanol–water partition coefficient (Wildman–Crippen LogP) is 4.15. The van der Waals surface area contributed by atoms with Crippen molar-refractivity contribution in [3.8, 4) is 0 Å². The van der Waals surface area contributed by atoms with Crippen LogP contribution in [-0.4, -0.2) is 15.9 Å². The van der Waals surface area contributed by atoms with Crippen LogP contribution in [0.3, 0.4) is 0 Å². The van der Waals surface area contributed by atoms with E-state index in [1.165, 1.54) is 0 Å². The monoisotopic (exact) mass is 335 g/mol. The van der Waals surface area contributed by atoms with Crippen LogP contribution in [0.25, 0.3) is 0 Å². The third kappa shape index (κ3) is 4.70. The number of carbonyl (C=O) groups is 1. The Hall–Kier alpha value is -3.08. The van der Waals surface area contributed by atoms with Crippen molar-refractivity contribution < 1.29 is 9.21 Å². The van der Waals surface area contributed by atoms with Gasteiger partial charge in [-0.05, 0) is 42.3 Å². The lowest BCUT2D eigenvalue weighted by atomic mass is 10.1. The topological polar surface area (TPSA) is 58.4 Å². The molecule has 0 bridgehead atoms. The molecule has 5 nitrogen and oxygen atoms in total. The third-order valence-corrected chi connectivity index (χ3v) is 3.98. The van der Waals surface area contributed by atoms with Crippen LogP contribution in [0.4, 0.5) is 4.79 Å². The average Bonchev–Trinajstić information content (AvgIpc) is 3.16. The lowest BCUT2D eigenvalue weighted by Crippen LogP contribution is -2.40. The number of hydrogen-bond acceptors (Lipinski definition) is 3. The highest BCUT2D eigenvalue weighted by atomic mass is 16.3. The molecule has 0 radical (unpaired) electrons. The van der Waals surface area contributed by atoms with Crippen molar-refractivity contribution in [3.05, 3.63) is 90.1 Å². The molecule has 1 atom stereocenters. The molecule has 0 aliphatic rings. The van der Waals surface area contributed by atoms with E-state index in [2.05, 4.69) is 10.3 Å². The van der Waals surface area contributed by atoms with Crippen molar-refractivity contribution in [1.82, 2.24) is 15.2 Å². The summed E-state index contributed by atoms with van der Waals surface area (Å²) in [5.74, 6) is 0.752. The first-order valence-electron chi connectivity index (χ1n) is 8.24. The van der Waals surface area contributed by atoms with E-state index in [1.54, 1.807) is 23.6 Å². The summed E-state index contributed by atoms with van der Waals surface area (Å²) in [6.45, 7) is 2.88. The molecule has 5 heteroatoms. The van der Waals surface area contributed by atoms with Gasteiger partial charge in [0.05, 0.1) is 18.8 Å². The summed E-state index contributed by atoms with van der Waals surface area (Å²) in [6, 6.07) is 17.2. The van der Waals surface area contributed by atoms with Crippen LogP contribution in [-0.2, 0) is 13.1 Å². The number of nitrogens with one attached hydrogen (secondary N) is 1. The molecule has 3 aromatic rings. The van der Waals surface area contributed by atoms with Crippen LogP contribution in [0.15, 0.2) is 77.7 Å². The van der Waals surface area contributed by atoms with Crippen molar-refractivity contribution in [2.24, 2.45) is 0 Å². The molecule has 3 rings (SSSR count). The maximum absolute atomic E-state index is 12.8. The lowest BCUT2D eigenvalue weighted by Gasteiger charge is -2.25. The van der Waals surface area contributed by atoms with Crippen LogP contribution in [0, 0.1) is 0 Å². The number of hydrogen-bond donors (Lipinski definition) is 1. The molecule has 1 aromatic carbocycles. The minimum atomic E-state index is -0.135. The number of aromatic nitrogens is 1. The molecule has 0 saturated heterocycles. The van der Waals surface area contributed by atoms with Gasteiger partial charge in [0.1, 0.15) is 5.76 Å². The summed E-state index contributed by atoms with van der Waals surface area (Å²) in [6.07, 6.45) is 5.07. The van der Waals surface area contributed by atoms with Crippen LogP contribution < -0.4 is 5.32 Å². The first-order chi connectivity index (χ1) is 12.2. The molecule has 0 aliphatic carbocycles. The van der Waals surface area contributed by atoms with Gasteiger partial charge in [0.15, 0.2) is 0 Å². The Bertz CT molecular complexity index is 773. The molecule has 2 amide bonds. The molecule has 0 spiro atoms. The number of furan rings is 1. The number of nitrogens with zero attached hydrogens (tertiary/aromatic N) is 2. The van der Waals surface area contributed by atoms with Gasteiger partial charge in [-0.1, -0.05) is 30.3 Å². The highest BCUT2D eigenvalue weighted by Crippen LogP contribution is 2.14. The number of amides is 2. The van der Waals surface area contributed by atoms with Crippen molar-refractivity contribution in [2.45, 2.75) is 26.1 Å². The number of carbonyl (C=O) groups excluding carboxylic acids is 1. The van der Waals surface area contributed by atoms with E-state index in [4.69, 9.17) is 4.42 Å². The largest absolute Gasteiger partial charge is 0.467 e. The molecule has 128 valence electrons. The van der Waals surface area contributed by atoms with E-state index in [-0.39, 0.29) is 12.1 Å². The maximum atomic E-state index is 12.8. The zero-order valence-electron chi connectivity index (χ0n) is 14.1. The first kappa shape index (κ1) is 16.8. The summed E-state index contributed by atoms with van der Waals surface area (Å²) in [5, 5.41) is 3.05. The molecule has 0 fully saturated rings. The maximum Gasteiger partial charge on any atom is 0.318 e. The molecule has 0 aliphatic heterocycles. The summed E-state index contributed by atoms with van der Waals surface area (Å²) < 4.78 is 5.41. The summed E-state index contributed by atoms with van der Waals surface area (Å²) in [5.41, 5.74) is 2.08. The minimum absolute atomic E-state index is 0.106. The highest BCUT2D eigenvalue weighted by molar-refractivity contribution is 5.74. The van der Waals surface area contributed by atoms with E-state index in [9.17, 15) is 4.79 Å². The molecule has 2 heterocycles. The molecule has 1 N–H and O–H groups in total. The Labute approximate surface area is 147 Å². The Morgan fingerprint density at radius 1 is 1.08 bits per heavy atom. The van der Waals surface area contributed by atoms with Gasteiger partial charge in [-0.2, -0.15) is 0 Å². The van der Waals surface area contributed by atoms with Crippen molar-refractivity contribution in [2.75, 3.05) is 0 Å². The van der Waals surface area contributed by atoms with Crippen molar-refractivity contribution in [3.63, 3.8) is 0 Å². The fourth-order valence-electron chi connectivity index (χ4n) is 2.61. The normalized spacial score (nSPS) is 11.7. The van der Waals surface area contributed by atoms with E-state index in [0.29, 0.717) is 13.1 Å². The fraction of sp³-hybridized carbons (Fsp3) is 0.200. The fourth-order valence-corrected chi connectivity index (χ4v) is 2.61. The Morgan fingerprint density at radius 2 is 1.84 bits per heavy atom. The summed E-state index contributed by atoms with van der Waals surface area (Å²) >= 11 is 0. The summed E-state index contributed by atoms with van der Waals surface area (Å²) in [7, 11) is 0. The second-order valence-corrected chi connectivity index (χ2v) is 5.87. The SMILES string of the molecule is CC(NC(=O)N(Cc1ccccc1)Cc1ccco1)c1ccncc1. The molecule has 0 saturated carbocycles. The van der Waals surface area contributed by atoms with Gasteiger partial charge in [0, 0.05) is 18.9 Å². The van der Waals surface area contributed by atoms with Gasteiger partial charge in [-0.3, -0.25) is 4.98 Å². The summed E-state index contributed by atoms with van der Waals surface area (Å²) in [4.78, 5) is 18.6. The highest BCUT2D eigenvalue weighted by Gasteiger charge is 2.18. The van der Waals surface area contributed by atoms with Crippen LogP contribution >= 0.6 is 0 Å². The molecule has 1 unspecified atom stereocenters. The van der Waals surface area contributed by atoms with E-state index in [0.717, 1.165) is 16.9 Å². The van der Waals surface area contributed by atoms with Gasteiger partial charge >= 0.3 is 6.03 Å². The zero-order chi connectivity index (χ0) is 17.5. The molecule has 2 aromatic heterocycles. The molecular formula is C20H21N3O2. The van der Waals surface area contributed by atoms with E-state index < -0.39 is 0 Å². The average molecular weight is 335 g/mol. The number of pyridine rings is 1. The van der Waals surface area contributed by atoms with E-state index in [1.807, 2.05) is 61.5 Å². The van der Waals surface area contributed by atoms with Gasteiger partial charge in [0.25, 0.3) is 0 Å². The number of urea groups is 1. The lowest BCUT2D eigenvalue weighted by molar-refractivity contribution is 0.184. The Balaban J connectivity index is 1.72. The number of rotatable bonds is 6. The minimum Gasteiger partial charge on any atom is -0.467 e. The second kappa shape index (κ2) is 8.15. The third-order valence-electron chi connectivity index (χ3n) is 3.98.